The fourth-order valence-corrected chi connectivity index (χ4v) is 5.82. The third-order valence-electron chi connectivity index (χ3n) is 5.63. The molecule has 4 unspecified atom stereocenters. The lowest BCUT2D eigenvalue weighted by molar-refractivity contribution is -0.136. The second-order valence-corrected chi connectivity index (χ2v) is 10.2. The minimum Gasteiger partial charge on any atom is -0.378 e. The van der Waals surface area contributed by atoms with Crippen molar-refractivity contribution >= 4 is 27.6 Å². The number of hydrogen-bond donors (Lipinski definition) is 4. The van der Waals surface area contributed by atoms with Crippen LogP contribution in [0.2, 0.25) is 0 Å². The molecule has 4 N–H and O–H groups in total. The van der Waals surface area contributed by atoms with Gasteiger partial charge in [-0.3, -0.25) is 14.4 Å². The number of rotatable bonds is 5. The number of aliphatic hydroxyl groups excluding tert-OH is 1. The van der Waals surface area contributed by atoms with Crippen LogP contribution in [0.4, 0.5) is 4.39 Å². The molecule has 11 heteroatoms. The molecule has 2 aliphatic rings. The predicted molar refractivity (Wildman–Crippen MR) is 109 cm³/mol. The fourth-order valence-electron chi connectivity index (χ4n) is 3.95. The van der Waals surface area contributed by atoms with Gasteiger partial charge in [-0.1, -0.05) is 12.5 Å². The molecule has 0 aromatic heterocycles. The summed E-state index contributed by atoms with van der Waals surface area (Å²) in [6.45, 7) is 2.02. The Morgan fingerprint density at radius 2 is 1.87 bits per heavy atom. The number of benzene rings is 1. The molecule has 9 nitrogen and oxygen atoms in total. The average molecular weight is 456 g/mol. The second kappa shape index (κ2) is 9.31. The van der Waals surface area contributed by atoms with Gasteiger partial charge in [0.15, 0.2) is 15.9 Å². The van der Waals surface area contributed by atoms with Crippen LogP contribution in [-0.2, 0) is 24.2 Å². The standard InChI is InChI=1S/C20H26FN3O6S/c1-11-8-12(21)5-6-13(11)17(25)20(28)24-16-10-31(29,30)9-15(16)23-19(27)14-4-2-3-7-22-18(14)26/h5-6,8,14-17,25H,2-4,7,9-10H2,1H3,(H,22,26)(H,23,27)(H,24,28). The van der Waals surface area contributed by atoms with Gasteiger partial charge < -0.3 is 21.1 Å². The minimum absolute atomic E-state index is 0.190. The van der Waals surface area contributed by atoms with E-state index in [9.17, 15) is 32.3 Å². The zero-order valence-corrected chi connectivity index (χ0v) is 17.9. The molecule has 3 amide bonds. The Kier molecular flexibility index (Phi) is 6.95. The number of nitrogens with one attached hydrogen (secondary N) is 3. The van der Waals surface area contributed by atoms with Crippen molar-refractivity contribution < 1.29 is 32.3 Å². The molecule has 2 aliphatic heterocycles. The van der Waals surface area contributed by atoms with Crippen LogP contribution in [0, 0.1) is 18.7 Å². The van der Waals surface area contributed by atoms with E-state index >= 15 is 0 Å². The number of sulfone groups is 1. The monoisotopic (exact) mass is 455 g/mol. The Bertz CT molecular complexity index is 983. The van der Waals surface area contributed by atoms with E-state index in [1.54, 1.807) is 0 Å². The molecule has 0 radical (unpaired) electrons. The third-order valence-corrected chi connectivity index (χ3v) is 7.37. The Hall–Kier alpha value is -2.53. The maximum atomic E-state index is 13.3. The summed E-state index contributed by atoms with van der Waals surface area (Å²) in [5, 5.41) is 18.1. The van der Waals surface area contributed by atoms with Crippen molar-refractivity contribution in [3.05, 3.63) is 35.1 Å². The van der Waals surface area contributed by atoms with Gasteiger partial charge >= 0.3 is 0 Å². The number of halogens is 1. The van der Waals surface area contributed by atoms with E-state index in [1.807, 2.05) is 0 Å². The van der Waals surface area contributed by atoms with Crippen LogP contribution in [0.1, 0.15) is 36.5 Å². The summed E-state index contributed by atoms with van der Waals surface area (Å²) in [6.07, 6.45) is 0.167. The molecule has 31 heavy (non-hydrogen) atoms. The highest BCUT2D eigenvalue weighted by molar-refractivity contribution is 7.91. The highest BCUT2D eigenvalue weighted by Crippen LogP contribution is 2.21. The van der Waals surface area contributed by atoms with E-state index in [0.29, 0.717) is 24.9 Å². The first-order valence-corrected chi connectivity index (χ1v) is 11.9. The fraction of sp³-hybridized carbons (Fsp3) is 0.550. The van der Waals surface area contributed by atoms with Crippen LogP contribution in [0.5, 0.6) is 0 Å². The molecule has 0 spiro atoms. The zero-order valence-electron chi connectivity index (χ0n) is 17.1. The Balaban J connectivity index is 1.70. The SMILES string of the molecule is Cc1cc(F)ccc1C(O)C(=O)NC1CS(=O)(=O)CC1NC(=O)C1CCCCNC1=O. The number of amides is 3. The van der Waals surface area contributed by atoms with E-state index in [4.69, 9.17) is 0 Å². The van der Waals surface area contributed by atoms with Gasteiger partial charge in [0.05, 0.1) is 23.6 Å². The summed E-state index contributed by atoms with van der Waals surface area (Å²) in [4.78, 5) is 37.3. The number of aliphatic hydroxyl groups is 1. The smallest absolute Gasteiger partial charge is 0.253 e. The van der Waals surface area contributed by atoms with E-state index in [0.717, 1.165) is 12.5 Å². The molecule has 1 aromatic carbocycles. The quantitative estimate of drug-likeness (QED) is 0.440. The van der Waals surface area contributed by atoms with Gasteiger partial charge in [-0.25, -0.2) is 12.8 Å². The summed E-state index contributed by atoms with van der Waals surface area (Å²) >= 11 is 0. The molecule has 0 aliphatic carbocycles. The lowest BCUT2D eigenvalue weighted by atomic mass is 10.0. The largest absolute Gasteiger partial charge is 0.378 e. The van der Waals surface area contributed by atoms with Crippen molar-refractivity contribution in [1.82, 2.24) is 16.0 Å². The summed E-state index contributed by atoms with van der Waals surface area (Å²) in [5.74, 6) is -4.08. The minimum atomic E-state index is -3.55. The topological polar surface area (TPSA) is 142 Å². The normalized spacial score (nSPS) is 26.4. The molecule has 1 aromatic rings. The van der Waals surface area contributed by atoms with Gasteiger partial charge in [-0.15, -0.1) is 0 Å². The second-order valence-electron chi connectivity index (χ2n) is 8.05. The molecule has 2 saturated heterocycles. The molecule has 2 heterocycles. The molecule has 4 atom stereocenters. The Morgan fingerprint density at radius 3 is 2.55 bits per heavy atom. The zero-order chi connectivity index (χ0) is 22.8. The van der Waals surface area contributed by atoms with Gasteiger partial charge in [-0.05, 0) is 43.0 Å². The van der Waals surface area contributed by atoms with E-state index in [-0.39, 0.29) is 11.3 Å². The maximum absolute atomic E-state index is 13.3. The Labute approximate surface area is 179 Å². The third kappa shape index (κ3) is 5.59. The van der Waals surface area contributed by atoms with Gasteiger partial charge in [0, 0.05) is 6.54 Å². The summed E-state index contributed by atoms with van der Waals surface area (Å²) in [7, 11) is -3.55. The molecule has 170 valence electrons. The number of aryl methyl sites for hydroxylation is 1. The Morgan fingerprint density at radius 1 is 1.19 bits per heavy atom. The first-order chi connectivity index (χ1) is 14.6. The number of carbonyl (C=O) groups is 3. The lowest BCUT2D eigenvalue weighted by Crippen LogP contribution is -2.54. The van der Waals surface area contributed by atoms with Gasteiger partial charge in [0.1, 0.15) is 11.7 Å². The molecule has 3 rings (SSSR count). The summed E-state index contributed by atoms with van der Waals surface area (Å²) < 4.78 is 37.6. The molecular weight excluding hydrogens is 429 g/mol. The van der Waals surface area contributed by atoms with Crippen molar-refractivity contribution in [3.8, 4) is 0 Å². The van der Waals surface area contributed by atoms with Crippen LogP contribution in [0.15, 0.2) is 18.2 Å². The van der Waals surface area contributed by atoms with Crippen LogP contribution in [0.25, 0.3) is 0 Å². The highest BCUT2D eigenvalue weighted by atomic mass is 32.2. The van der Waals surface area contributed by atoms with Crippen molar-refractivity contribution in [3.63, 3.8) is 0 Å². The first kappa shape index (κ1) is 23.1. The van der Waals surface area contributed by atoms with Crippen molar-refractivity contribution in [2.45, 2.75) is 44.4 Å². The van der Waals surface area contributed by atoms with Crippen molar-refractivity contribution in [2.24, 2.45) is 5.92 Å². The average Bonchev–Trinajstić information content (AvgIpc) is 2.83. The van der Waals surface area contributed by atoms with Gasteiger partial charge in [-0.2, -0.15) is 0 Å². The van der Waals surface area contributed by atoms with Crippen LogP contribution in [-0.4, -0.2) is 61.4 Å². The molecular formula is C20H26FN3O6S. The van der Waals surface area contributed by atoms with Crippen LogP contribution >= 0.6 is 0 Å². The van der Waals surface area contributed by atoms with E-state index < -0.39 is 63.2 Å². The van der Waals surface area contributed by atoms with Crippen LogP contribution in [0.3, 0.4) is 0 Å². The van der Waals surface area contributed by atoms with Crippen molar-refractivity contribution in [1.29, 1.82) is 0 Å². The van der Waals surface area contributed by atoms with Crippen molar-refractivity contribution in [2.75, 3.05) is 18.1 Å². The molecule has 2 fully saturated rings. The van der Waals surface area contributed by atoms with Gasteiger partial charge in [0.2, 0.25) is 11.8 Å². The highest BCUT2D eigenvalue weighted by Gasteiger charge is 2.41. The molecule has 0 saturated carbocycles. The summed E-state index contributed by atoms with van der Waals surface area (Å²) in [5.41, 5.74) is 0.557. The first-order valence-electron chi connectivity index (χ1n) is 10.1. The lowest BCUT2D eigenvalue weighted by Gasteiger charge is -2.24. The number of carbonyl (C=O) groups excluding carboxylic acids is 3. The maximum Gasteiger partial charge on any atom is 0.253 e. The predicted octanol–water partition coefficient (Wildman–Crippen LogP) is -0.518. The van der Waals surface area contributed by atoms with E-state index in [1.165, 1.54) is 19.1 Å². The summed E-state index contributed by atoms with van der Waals surface area (Å²) in [6, 6.07) is 1.67. The number of hydrogen-bond acceptors (Lipinski definition) is 6. The van der Waals surface area contributed by atoms with Gasteiger partial charge in [0.25, 0.3) is 5.91 Å². The van der Waals surface area contributed by atoms with E-state index in [2.05, 4.69) is 16.0 Å². The molecule has 0 bridgehead atoms. The van der Waals surface area contributed by atoms with Crippen LogP contribution < -0.4 is 16.0 Å².